The Morgan fingerprint density at radius 2 is 1.79 bits per heavy atom. The summed E-state index contributed by atoms with van der Waals surface area (Å²) in [7, 11) is 0. The normalized spacial score (nSPS) is 10.5. The van der Waals surface area contributed by atoms with E-state index in [0.29, 0.717) is 6.42 Å². The molecule has 0 fully saturated rings. The van der Waals surface area contributed by atoms with Crippen molar-refractivity contribution in [3.8, 4) is 11.1 Å². The van der Waals surface area contributed by atoms with Crippen LogP contribution in [0.15, 0.2) is 60.9 Å². The monoisotopic (exact) mass is 374 g/mol. The molecule has 3 aromatic rings. The summed E-state index contributed by atoms with van der Waals surface area (Å²) in [5.74, 6) is -1.35. The molecule has 1 heterocycles. The van der Waals surface area contributed by atoms with Gasteiger partial charge in [0.05, 0.1) is 5.69 Å². The fourth-order valence-corrected chi connectivity index (χ4v) is 3.13. The number of aromatic carboxylic acids is 1. The highest BCUT2D eigenvalue weighted by atomic mass is 16.4. The molecule has 0 saturated heterocycles. The van der Waals surface area contributed by atoms with Crippen molar-refractivity contribution in [2.75, 3.05) is 5.32 Å². The Morgan fingerprint density at radius 3 is 2.46 bits per heavy atom. The third kappa shape index (κ3) is 4.62. The Bertz CT molecular complexity index is 1010. The van der Waals surface area contributed by atoms with Gasteiger partial charge in [-0.15, -0.1) is 0 Å². The van der Waals surface area contributed by atoms with E-state index < -0.39 is 5.97 Å². The lowest BCUT2D eigenvalue weighted by atomic mass is 9.97. The number of aryl methyl sites for hydroxylation is 3. The van der Waals surface area contributed by atoms with Gasteiger partial charge in [-0.25, -0.2) is 4.79 Å². The summed E-state index contributed by atoms with van der Waals surface area (Å²) in [5.41, 5.74) is 6.12. The van der Waals surface area contributed by atoms with Gasteiger partial charge in [0.2, 0.25) is 5.91 Å². The topological polar surface area (TPSA) is 79.3 Å². The number of anilines is 1. The van der Waals surface area contributed by atoms with Crippen molar-refractivity contribution in [3.05, 3.63) is 83.2 Å². The number of nitrogens with zero attached hydrogens (tertiary/aromatic N) is 1. The summed E-state index contributed by atoms with van der Waals surface area (Å²) in [6, 6.07) is 16.1. The Kier molecular flexibility index (Phi) is 5.84. The van der Waals surface area contributed by atoms with Gasteiger partial charge < -0.3 is 10.4 Å². The van der Waals surface area contributed by atoms with Gasteiger partial charge in [-0.3, -0.25) is 9.78 Å². The number of benzene rings is 2. The molecule has 5 heteroatoms. The van der Waals surface area contributed by atoms with E-state index in [-0.39, 0.29) is 23.6 Å². The van der Waals surface area contributed by atoms with Crippen LogP contribution in [-0.4, -0.2) is 22.0 Å². The fourth-order valence-electron chi connectivity index (χ4n) is 3.13. The molecule has 1 aromatic heterocycles. The first kappa shape index (κ1) is 19.3. The van der Waals surface area contributed by atoms with Crippen LogP contribution in [0.5, 0.6) is 0 Å². The molecule has 2 aromatic carbocycles. The predicted molar refractivity (Wildman–Crippen MR) is 109 cm³/mol. The second-order valence-electron chi connectivity index (χ2n) is 6.79. The van der Waals surface area contributed by atoms with Crippen molar-refractivity contribution in [1.82, 2.24) is 4.98 Å². The van der Waals surface area contributed by atoms with Gasteiger partial charge in [-0.1, -0.05) is 48.0 Å². The molecular weight excluding hydrogens is 352 g/mol. The molecule has 0 saturated carbocycles. The van der Waals surface area contributed by atoms with Gasteiger partial charge in [0.25, 0.3) is 0 Å². The maximum Gasteiger partial charge on any atom is 0.339 e. The van der Waals surface area contributed by atoms with Gasteiger partial charge in [0, 0.05) is 18.8 Å². The van der Waals surface area contributed by atoms with Crippen LogP contribution in [0.1, 0.15) is 33.5 Å². The molecule has 5 nitrogen and oxygen atoms in total. The lowest BCUT2D eigenvalue weighted by molar-refractivity contribution is -0.116. The third-order valence-electron chi connectivity index (χ3n) is 4.61. The summed E-state index contributed by atoms with van der Waals surface area (Å²) in [6.07, 6.45) is 3.52. The minimum atomic E-state index is -1.12. The van der Waals surface area contributed by atoms with Crippen LogP contribution >= 0.6 is 0 Å². The highest BCUT2D eigenvalue weighted by Crippen LogP contribution is 2.25. The molecule has 0 aliphatic heterocycles. The van der Waals surface area contributed by atoms with E-state index in [1.165, 1.54) is 35.2 Å². The molecule has 0 spiro atoms. The Labute approximate surface area is 164 Å². The van der Waals surface area contributed by atoms with Crippen LogP contribution in [0.25, 0.3) is 11.1 Å². The standard InChI is InChI=1S/C23H22N2O3/c1-15-3-9-19(16(2)13-15)18-7-4-17(5-8-18)6-10-22(26)25-21-11-12-24-14-20(21)23(27)28/h3-5,7-9,11-14H,6,10H2,1-2H3,(H,27,28)(H,24,25,26). The van der Waals surface area contributed by atoms with Crippen molar-refractivity contribution in [3.63, 3.8) is 0 Å². The summed E-state index contributed by atoms with van der Waals surface area (Å²) >= 11 is 0. The quantitative estimate of drug-likeness (QED) is 0.659. The second kappa shape index (κ2) is 8.48. The van der Waals surface area contributed by atoms with Gasteiger partial charge >= 0.3 is 5.97 Å². The van der Waals surface area contributed by atoms with Crippen molar-refractivity contribution < 1.29 is 14.7 Å². The van der Waals surface area contributed by atoms with E-state index in [4.69, 9.17) is 5.11 Å². The number of carbonyl (C=O) groups is 2. The molecule has 0 radical (unpaired) electrons. The zero-order chi connectivity index (χ0) is 20.1. The zero-order valence-corrected chi connectivity index (χ0v) is 15.9. The van der Waals surface area contributed by atoms with Crippen LogP contribution in [-0.2, 0) is 11.2 Å². The zero-order valence-electron chi connectivity index (χ0n) is 15.9. The molecule has 0 atom stereocenters. The lowest BCUT2D eigenvalue weighted by Crippen LogP contribution is -2.15. The van der Waals surface area contributed by atoms with Crippen LogP contribution in [0.3, 0.4) is 0 Å². The number of aromatic nitrogens is 1. The van der Waals surface area contributed by atoms with E-state index in [0.717, 1.165) is 11.1 Å². The number of hydrogen-bond acceptors (Lipinski definition) is 3. The first-order valence-electron chi connectivity index (χ1n) is 9.08. The summed E-state index contributed by atoms with van der Waals surface area (Å²) in [4.78, 5) is 27.2. The van der Waals surface area contributed by atoms with Crippen molar-refractivity contribution in [2.24, 2.45) is 0 Å². The van der Waals surface area contributed by atoms with Gasteiger partial charge in [0.15, 0.2) is 0 Å². The smallest absolute Gasteiger partial charge is 0.339 e. The second-order valence-corrected chi connectivity index (χ2v) is 6.79. The number of carbonyl (C=O) groups excluding carboxylic acids is 1. The number of nitrogens with one attached hydrogen (secondary N) is 1. The molecule has 0 aliphatic carbocycles. The van der Waals surface area contributed by atoms with Gasteiger partial charge in [-0.05, 0) is 48.6 Å². The first-order chi connectivity index (χ1) is 13.4. The third-order valence-corrected chi connectivity index (χ3v) is 4.61. The number of rotatable bonds is 6. The number of carboxylic acid groups (broad SMARTS) is 1. The average Bonchev–Trinajstić information content (AvgIpc) is 2.67. The van der Waals surface area contributed by atoms with Crippen molar-refractivity contribution in [1.29, 1.82) is 0 Å². The van der Waals surface area contributed by atoms with E-state index in [1.54, 1.807) is 0 Å². The molecule has 28 heavy (non-hydrogen) atoms. The van der Waals surface area contributed by atoms with Crippen LogP contribution in [0.4, 0.5) is 5.69 Å². The summed E-state index contributed by atoms with van der Waals surface area (Å²) in [6.45, 7) is 4.18. The summed E-state index contributed by atoms with van der Waals surface area (Å²) < 4.78 is 0. The average molecular weight is 374 g/mol. The molecule has 1 amide bonds. The van der Waals surface area contributed by atoms with Crippen molar-refractivity contribution >= 4 is 17.6 Å². The maximum absolute atomic E-state index is 12.2. The first-order valence-corrected chi connectivity index (χ1v) is 9.08. The predicted octanol–water partition coefficient (Wildman–Crippen LogP) is 4.63. The molecule has 3 rings (SSSR count). The minimum Gasteiger partial charge on any atom is -0.478 e. The molecule has 0 bridgehead atoms. The molecule has 142 valence electrons. The highest BCUT2D eigenvalue weighted by molar-refractivity contribution is 6.00. The van der Waals surface area contributed by atoms with Crippen LogP contribution < -0.4 is 5.32 Å². The lowest BCUT2D eigenvalue weighted by Gasteiger charge is -2.09. The number of pyridine rings is 1. The maximum atomic E-state index is 12.2. The fraction of sp³-hybridized carbons (Fsp3) is 0.174. The van der Waals surface area contributed by atoms with Gasteiger partial charge in [0.1, 0.15) is 5.56 Å². The highest BCUT2D eigenvalue weighted by Gasteiger charge is 2.12. The number of hydrogen-bond donors (Lipinski definition) is 2. The molecule has 0 aliphatic rings. The number of amides is 1. The number of carboxylic acids is 1. The molecule has 2 N–H and O–H groups in total. The largest absolute Gasteiger partial charge is 0.478 e. The van der Waals surface area contributed by atoms with E-state index >= 15 is 0 Å². The molecular formula is C23H22N2O3. The van der Waals surface area contributed by atoms with Gasteiger partial charge in [-0.2, -0.15) is 0 Å². The van der Waals surface area contributed by atoms with Crippen LogP contribution in [0, 0.1) is 13.8 Å². The SMILES string of the molecule is Cc1ccc(-c2ccc(CCC(=O)Nc3ccncc3C(=O)O)cc2)c(C)c1. The Hall–Kier alpha value is -3.47. The Morgan fingerprint density at radius 1 is 1.04 bits per heavy atom. The van der Waals surface area contributed by atoms with E-state index in [2.05, 4.69) is 54.5 Å². The van der Waals surface area contributed by atoms with Crippen LogP contribution in [0.2, 0.25) is 0 Å². The molecule has 0 unspecified atom stereocenters. The Balaban J connectivity index is 1.62. The van der Waals surface area contributed by atoms with E-state index in [9.17, 15) is 9.59 Å². The summed E-state index contributed by atoms with van der Waals surface area (Å²) in [5, 5.41) is 11.8. The van der Waals surface area contributed by atoms with Crippen molar-refractivity contribution in [2.45, 2.75) is 26.7 Å². The minimum absolute atomic E-state index is 0.0197. The van der Waals surface area contributed by atoms with E-state index in [1.807, 2.05) is 12.1 Å².